The molecule has 0 bridgehead atoms. The van der Waals surface area contributed by atoms with Gasteiger partial charge in [-0.3, -0.25) is 4.79 Å². The van der Waals surface area contributed by atoms with Crippen molar-refractivity contribution in [1.29, 1.82) is 0 Å². The van der Waals surface area contributed by atoms with Crippen LogP contribution in [0.15, 0.2) is 11.1 Å². The lowest BCUT2D eigenvalue weighted by Crippen LogP contribution is -2.28. The third kappa shape index (κ3) is 1.55. The normalized spacial score (nSPS) is 40.1. The van der Waals surface area contributed by atoms with Gasteiger partial charge in [0.1, 0.15) is 0 Å². The Morgan fingerprint density at radius 3 is 2.61 bits per heavy atom. The fraction of sp³-hybridized carbons (Fsp3) is 0.824. The molecular formula is C17H26O. The van der Waals surface area contributed by atoms with E-state index in [4.69, 9.17) is 0 Å². The maximum absolute atomic E-state index is 12.5. The van der Waals surface area contributed by atoms with Crippen LogP contribution in [-0.2, 0) is 4.79 Å². The van der Waals surface area contributed by atoms with Gasteiger partial charge < -0.3 is 0 Å². The summed E-state index contributed by atoms with van der Waals surface area (Å²) in [6.07, 6.45) is 7.11. The van der Waals surface area contributed by atoms with Crippen molar-refractivity contribution in [2.45, 2.75) is 66.2 Å². The lowest BCUT2D eigenvalue weighted by Gasteiger charge is -2.38. The van der Waals surface area contributed by atoms with Gasteiger partial charge in [-0.2, -0.15) is 0 Å². The maximum Gasteiger partial charge on any atom is 0.162 e. The molecule has 0 saturated heterocycles. The predicted molar refractivity (Wildman–Crippen MR) is 74.3 cm³/mol. The van der Waals surface area contributed by atoms with E-state index in [0.29, 0.717) is 17.1 Å². The fourth-order valence-corrected chi connectivity index (χ4v) is 4.69. The van der Waals surface area contributed by atoms with Crippen molar-refractivity contribution < 1.29 is 4.79 Å². The van der Waals surface area contributed by atoms with Crippen molar-refractivity contribution in [1.82, 2.24) is 0 Å². The van der Waals surface area contributed by atoms with Gasteiger partial charge in [0.2, 0.25) is 0 Å². The number of carbonyl (C=O) groups excluding carboxylic acids is 1. The van der Waals surface area contributed by atoms with Gasteiger partial charge in [-0.1, -0.05) is 39.7 Å². The van der Waals surface area contributed by atoms with Gasteiger partial charge in [0.15, 0.2) is 5.78 Å². The van der Waals surface area contributed by atoms with E-state index >= 15 is 0 Å². The van der Waals surface area contributed by atoms with E-state index in [-0.39, 0.29) is 5.41 Å². The molecule has 1 nitrogen and oxygen atoms in total. The summed E-state index contributed by atoms with van der Waals surface area (Å²) in [5.41, 5.74) is 3.45. The van der Waals surface area contributed by atoms with Crippen LogP contribution in [-0.4, -0.2) is 5.78 Å². The van der Waals surface area contributed by atoms with Crippen LogP contribution < -0.4 is 0 Å². The molecule has 0 heterocycles. The molecule has 0 aromatic heterocycles. The molecule has 0 radical (unpaired) electrons. The standard InChI is InChI=1S/C17H26O/c1-16(2,3)11-7-8-12-14(10-11)17(4)9-5-6-13(17)15(12)18/h11,13H,5-10H2,1-4H3/t11-,13+,17+/m1/s1. The third-order valence-electron chi connectivity index (χ3n) is 6.04. The van der Waals surface area contributed by atoms with Gasteiger partial charge in [-0.25, -0.2) is 0 Å². The Kier molecular flexibility index (Phi) is 2.56. The van der Waals surface area contributed by atoms with Crippen molar-refractivity contribution >= 4 is 5.78 Å². The number of hydrogen-bond acceptors (Lipinski definition) is 1. The lowest BCUT2D eigenvalue weighted by molar-refractivity contribution is -0.119. The third-order valence-corrected chi connectivity index (χ3v) is 6.04. The molecule has 0 aromatic carbocycles. The SMILES string of the molecule is CC(C)(C)[C@@H]1CCC2=C(C1)[C@@]1(C)CCC[C@H]1C2=O. The fourth-order valence-electron chi connectivity index (χ4n) is 4.69. The molecule has 0 amide bonds. The molecular weight excluding hydrogens is 220 g/mol. The summed E-state index contributed by atoms with van der Waals surface area (Å²) in [5.74, 6) is 1.64. The van der Waals surface area contributed by atoms with Gasteiger partial charge >= 0.3 is 0 Å². The van der Waals surface area contributed by atoms with Gasteiger partial charge in [0.05, 0.1) is 0 Å². The number of hydrogen-bond donors (Lipinski definition) is 0. The Morgan fingerprint density at radius 2 is 1.94 bits per heavy atom. The van der Waals surface area contributed by atoms with Crippen LogP contribution in [0.5, 0.6) is 0 Å². The highest BCUT2D eigenvalue weighted by Crippen LogP contribution is 2.60. The first-order valence-electron chi connectivity index (χ1n) is 7.61. The summed E-state index contributed by atoms with van der Waals surface area (Å²) < 4.78 is 0. The summed E-state index contributed by atoms with van der Waals surface area (Å²) in [5, 5.41) is 0. The largest absolute Gasteiger partial charge is 0.294 e. The Balaban J connectivity index is 1.96. The summed E-state index contributed by atoms with van der Waals surface area (Å²) >= 11 is 0. The first-order chi connectivity index (χ1) is 8.34. The zero-order valence-electron chi connectivity index (χ0n) is 12.3. The van der Waals surface area contributed by atoms with Crippen LogP contribution in [0.4, 0.5) is 0 Å². The van der Waals surface area contributed by atoms with Crippen molar-refractivity contribution in [3.8, 4) is 0 Å². The number of Topliss-reactive ketones (excluding diaryl/α,β-unsaturated/α-hetero) is 1. The number of ketones is 1. The summed E-state index contributed by atoms with van der Waals surface area (Å²) in [6, 6.07) is 0. The van der Waals surface area contributed by atoms with Crippen LogP contribution >= 0.6 is 0 Å². The highest BCUT2D eigenvalue weighted by atomic mass is 16.1. The van der Waals surface area contributed by atoms with Crippen LogP contribution in [0, 0.1) is 22.7 Å². The Hall–Kier alpha value is -0.590. The molecule has 3 rings (SSSR count). The summed E-state index contributed by atoms with van der Waals surface area (Å²) in [7, 11) is 0. The van der Waals surface area contributed by atoms with Crippen molar-refractivity contribution in [2.24, 2.45) is 22.7 Å². The molecule has 3 aliphatic rings. The van der Waals surface area contributed by atoms with Gasteiger partial charge in [-0.05, 0) is 54.4 Å². The second-order valence-electron chi connectivity index (χ2n) is 7.99. The number of rotatable bonds is 0. The van der Waals surface area contributed by atoms with E-state index in [1.807, 2.05) is 0 Å². The molecule has 0 aromatic rings. The molecule has 18 heavy (non-hydrogen) atoms. The van der Waals surface area contributed by atoms with E-state index in [1.165, 1.54) is 31.3 Å². The average Bonchev–Trinajstić information content (AvgIpc) is 2.77. The molecule has 0 spiro atoms. The molecule has 0 N–H and O–H groups in total. The molecule has 1 saturated carbocycles. The Morgan fingerprint density at radius 1 is 1.22 bits per heavy atom. The molecule has 0 unspecified atom stereocenters. The van der Waals surface area contributed by atoms with E-state index in [2.05, 4.69) is 27.7 Å². The van der Waals surface area contributed by atoms with Gasteiger partial charge in [-0.15, -0.1) is 0 Å². The summed E-state index contributed by atoms with van der Waals surface area (Å²) in [6.45, 7) is 9.44. The number of allylic oxidation sites excluding steroid dienone is 2. The summed E-state index contributed by atoms with van der Waals surface area (Å²) in [4.78, 5) is 12.5. The Bertz CT molecular complexity index is 423. The predicted octanol–water partition coefficient (Wildman–Crippen LogP) is 4.52. The molecule has 0 aliphatic heterocycles. The van der Waals surface area contributed by atoms with Crippen LogP contribution in [0.3, 0.4) is 0 Å². The van der Waals surface area contributed by atoms with Gasteiger partial charge in [0.25, 0.3) is 0 Å². The first kappa shape index (κ1) is 12.4. The zero-order chi connectivity index (χ0) is 13.1. The van der Waals surface area contributed by atoms with Crippen LogP contribution in [0.25, 0.3) is 0 Å². The maximum atomic E-state index is 12.5. The molecule has 1 heteroatoms. The van der Waals surface area contributed by atoms with E-state index in [9.17, 15) is 4.79 Å². The monoisotopic (exact) mass is 246 g/mol. The minimum absolute atomic E-state index is 0.246. The minimum Gasteiger partial charge on any atom is -0.294 e. The van der Waals surface area contributed by atoms with Gasteiger partial charge in [0, 0.05) is 5.92 Å². The smallest absolute Gasteiger partial charge is 0.162 e. The topological polar surface area (TPSA) is 17.1 Å². The number of carbonyl (C=O) groups is 1. The van der Waals surface area contributed by atoms with Crippen LogP contribution in [0.2, 0.25) is 0 Å². The molecule has 100 valence electrons. The van der Waals surface area contributed by atoms with E-state index < -0.39 is 0 Å². The van der Waals surface area contributed by atoms with Crippen molar-refractivity contribution in [3.63, 3.8) is 0 Å². The molecule has 1 fully saturated rings. The highest BCUT2D eigenvalue weighted by molar-refractivity contribution is 6.02. The zero-order valence-corrected chi connectivity index (χ0v) is 12.3. The second kappa shape index (κ2) is 3.71. The van der Waals surface area contributed by atoms with Crippen molar-refractivity contribution in [3.05, 3.63) is 11.1 Å². The highest BCUT2D eigenvalue weighted by Gasteiger charge is 2.54. The van der Waals surface area contributed by atoms with E-state index in [1.54, 1.807) is 5.57 Å². The van der Waals surface area contributed by atoms with Crippen molar-refractivity contribution in [2.75, 3.05) is 0 Å². The lowest BCUT2D eigenvalue weighted by atomic mass is 9.66. The molecule has 3 atom stereocenters. The quantitative estimate of drug-likeness (QED) is 0.614. The minimum atomic E-state index is 0.246. The molecule has 3 aliphatic carbocycles. The average molecular weight is 246 g/mol. The number of fused-ring (bicyclic) bond motifs is 2. The van der Waals surface area contributed by atoms with Crippen LogP contribution in [0.1, 0.15) is 66.2 Å². The second-order valence-corrected chi connectivity index (χ2v) is 7.99. The van der Waals surface area contributed by atoms with E-state index in [0.717, 1.165) is 18.8 Å². The first-order valence-corrected chi connectivity index (χ1v) is 7.61. The Labute approximate surface area is 111 Å².